The smallest absolute Gasteiger partial charge is 0.303 e. The highest BCUT2D eigenvalue weighted by molar-refractivity contribution is 5.90. The number of hydrogen-bond donors (Lipinski definition) is 3. The predicted molar refractivity (Wildman–Crippen MR) is 150 cm³/mol. The van der Waals surface area contributed by atoms with Crippen molar-refractivity contribution in [1.29, 1.82) is 0 Å². The molecule has 1 amide bonds. The van der Waals surface area contributed by atoms with E-state index in [2.05, 4.69) is 17.1 Å². The molecular weight excluding hydrogens is 528 g/mol. The van der Waals surface area contributed by atoms with Gasteiger partial charge in [0.05, 0.1) is 32.0 Å². The van der Waals surface area contributed by atoms with Gasteiger partial charge in [-0.2, -0.15) is 0 Å². The summed E-state index contributed by atoms with van der Waals surface area (Å²) >= 11 is 0. The molecular formula is C31H40N2O8. The van der Waals surface area contributed by atoms with E-state index in [1.807, 2.05) is 42.5 Å². The van der Waals surface area contributed by atoms with Gasteiger partial charge >= 0.3 is 5.97 Å². The zero-order valence-electron chi connectivity index (χ0n) is 23.5. The molecule has 2 aromatic rings. The first-order valence-electron chi connectivity index (χ1n) is 14.5. The molecule has 222 valence electrons. The molecule has 0 radical (unpaired) electrons. The van der Waals surface area contributed by atoms with Crippen molar-refractivity contribution in [3.8, 4) is 0 Å². The average Bonchev–Trinajstić information content (AvgIpc) is 3.43. The van der Waals surface area contributed by atoms with Crippen molar-refractivity contribution in [2.45, 2.75) is 69.9 Å². The van der Waals surface area contributed by atoms with Crippen LogP contribution in [0.3, 0.4) is 0 Å². The van der Waals surface area contributed by atoms with Gasteiger partial charge in [0.25, 0.3) is 0 Å². The summed E-state index contributed by atoms with van der Waals surface area (Å²) in [6, 6.07) is 15.2. The highest BCUT2D eigenvalue weighted by Crippen LogP contribution is 2.42. The first-order chi connectivity index (χ1) is 19.8. The van der Waals surface area contributed by atoms with Crippen molar-refractivity contribution in [3.05, 3.63) is 65.2 Å². The van der Waals surface area contributed by atoms with E-state index >= 15 is 0 Å². The molecule has 4 atom stereocenters. The molecule has 10 nitrogen and oxygen atoms in total. The number of piperidine rings is 1. The Hall–Kier alpha value is -2.86. The number of ether oxygens (including phenoxy) is 4. The summed E-state index contributed by atoms with van der Waals surface area (Å²) < 4.78 is 25.0. The van der Waals surface area contributed by atoms with E-state index in [0.717, 1.165) is 49.2 Å². The van der Waals surface area contributed by atoms with E-state index in [-0.39, 0.29) is 49.9 Å². The Morgan fingerprint density at radius 3 is 2.41 bits per heavy atom. The van der Waals surface area contributed by atoms with Gasteiger partial charge in [0, 0.05) is 62.5 Å². The number of amides is 1. The van der Waals surface area contributed by atoms with Crippen LogP contribution in [0.5, 0.6) is 0 Å². The van der Waals surface area contributed by atoms with Gasteiger partial charge in [0.2, 0.25) is 5.91 Å². The van der Waals surface area contributed by atoms with Crippen LogP contribution in [0.2, 0.25) is 0 Å². The van der Waals surface area contributed by atoms with Crippen molar-refractivity contribution in [1.82, 2.24) is 4.90 Å². The lowest BCUT2D eigenvalue weighted by Crippen LogP contribution is -2.50. The fourth-order valence-corrected chi connectivity index (χ4v) is 5.83. The van der Waals surface area contributed by atoms with Crippen LogP contribution < -0.4 is 5.32 Å². The minimum atomic E-state index is -0.917. The molecule has 3 aliphatic heterocycles. The molecule has 3 N–H and O–H groups in total. The van der Waals surface area contributed by atoms with E-state index in [4.69, 9.17) is 24.1 Å². The number of carbonyl (C=O) groups is 2. The van der Waals surface area contributed by atoms with Crippen molar-refractivity contribution in [2.24, 2.45) is 5.92 Å². The lowest BCUT2D eigenvalue weighted by molar-refractivity contribution is -0.278. The van der Waals surface area contributed by atoms with Crippen molar-refractivity contribution >= 4 is 17.6 Å². The predicted octanol–water partition coefficient (Wildman–Crippen LogP) is 4.00. The fourth-order valence-electron chi connectivity index (χ4n) is 5.83. The SMILES string of the molecule is C[C@H]1[C@@H](CN2CCC3(CC2)OCCO3)O[C@@H](c2cccc(NC(=O)CCCC(=O)O)c2)O[C@H]1c1ccc(CO)cc1. The maximum atomic E-state index is 12.4. The van der Waals surface area contributed by atoms with Crippen LogP contribution in [-0.2, 0) is 35.1 Å². The first kappa shape index (κ1) is 29.6. The number of carboxylic acid groups (broad SMARTS) is 1. The second kappa shape index (κ2) is 13.4. The maximum Gasteiger partial charge on any atom is 0.303 e. The molecule has 10 heteroatoms. The van der Waals surface area contributed by atoms with E-state index in [1.165, 1.54) is 0 Å². The zero-order valence-corrected chi connectivity index (χ0v) is 23.5. The number of carboxylic acids is 1. The van der Waals surface area contributed by atoms with Crippen molar-refractivity contribution < 1.29 is 38.7 Å². The van der Waals surface area contributed by atoms with Gasteiger partial charge in [-0.15, -0.1) is 0 Å². The Morgan fingerprint density at radius 1 is 1.00 bits per heavy atom. The highest BCUT2D eigenvalue weighted by atomic mass is 16.7. The number of hydrogen-bond acceptors (Lipinski definition) is 8. The summed E-state index contributed by atoms with van der Waals surface area (Å²) in [5.41, 5.74) is 3.24. The summed E-state index contributed by atoms with van der Waals surface area (Å²) in [7, 11) is 0. The first-order valence-corrected chi connectivity index (χ1v) is 14.5. The van der Waals surface area contributed by atoms with Crippen LogP contribution in [-0.4, -0.2) is 71.7 Å². The molecule has 3 aliphatic rings. The number of aliphatic carboxylic acids is 1. The third kappa shape index (κ3) is 7.51. The van der Waals surface area contributed by atoms with Gasteiger partial charge in [-0.05, 0) is 29.7 Å². The minimum Gasteiger partial charge on any atom is -0.481 e. The monoisotopic (exact) mass is 568 g/mol. The van der Waals surface area contributed by atoms with Gasteiger partial charge in [-0.3, -0.25) is 9.59 Å². The van der Waals surface area contributed by atoms with Gasteiger partial charge in [-0.25, -0.2) is 0 Å². The summed E-state index contributed by atoms with van der Waals surface area (Å²) in [6.45, 7) is 5.89. The Morgan fingerprint density at radius 2 is 1.73 bits per heavy atom. The number of aliphatic hydroxyl groups excluding tert-OH is 1. The molecule has 5 rings (SSSR count). The summed E-state index contributed by atoms with van der Waals surface area (Å²) in [5.74, 6) is -1.53. The molecule has 41 heavy (non-hydrogen) atoms. The zero-order chi connectivity index (χ0) is 28.8. The molecule has 2 aromatic carbocycles. The van der Waals surface area contributed by atoms with Gasteiger partial charge in [0.15, 0.2) is 12.1 Å². The number of nitrogens with one attached hydrogen (secondary N) is 1. The second-order valence-electron chi connectivity index (χ2n) is 11.2. The standard InChI is InChI=1S/C31H40N2O8/c1-21-26(19-33-14-12-31(13-15-33)38-16-17-39-31)40-30(41-29(21)23-10-8-22(20-34)9-11-23)24-4-2-5-25(18-24)32-27(35)6-3-7-28(36)37/h2,4-5,8-11,18,21,26,29-30,34H,3,6-7,12-17,19-20H2,1H3,(H,32,35)(H,36,37)/t21-,26+,29+,30+/m0/s1. The number of likely N-dealkylation sites (tertiary alicyclic amines) is 1. The summed E-state index contributed by atoms with van der Waals surface area (Å²) in [4.78, 5) is 25.5. The van der Waals surface area contributed by atoms with Crippen molar-refractivity contribution in [3.63, 3.8) is 0 Å². The molecule has 3 heterocycles. The Labute approximate surface area is 240 Å². The number of carbonyl (C=O) groups excluding carboxylic acids is 1. The molecule has 3 saturated heterocycles. The van der Waals surface area contributed by atoms with Gasteiger partial charge in [0.1, 0.15) is 0 Å². The Kier molecular flexibility index (Phi) is 9.69. The summed E-state index contributed by atoms with van der Waals surface area (Å²) in [6.07, 6.45) is 1.01. The van der Waals surface area contributed by atoms with Crippen LogP contribution in [0.1, 0.15) is 68.1 Å². The molecule has 0 aromatic heterocycles. The number of nitrogens with zero attached hydrogens (tertiary/aromatic N) is 1. The summed E-state index contributed by atoms with van der Waals surface area (Å²) in [5, 5.41) is 21.2. The average molecular weight is 569 g/mol. The van der Waals surface area contributed by atoms with E-state index in [0.29, 0.717) is 18.9 Å². The maximum absolute atomic E-state index is 12.4. The Balaban J connectivity index is 1.31. The quantitative estimate of drug-likeness (QED) is 0.390. The lowest BCUT2D eigenvalue weighted by atomic mass is 9.89. The van der Waals surface area contributed by atoms with E-state index in [9.17, 15) is 14.7 Å². The normalized spacial score (nSPS) is 26.2. The number of rotatable bonds is 10. The van der Waals surface area contributed by atoms with E-state index < -0.39 is 18.0 Å². The number of benzene rings is 2. The van der Waals surface area contributed by atoms with E-state index in [1.54, 1.807) is 6.07 Å². The van der Waals surface area contributed by atoms with Crippen LogP contribution in [0.4, 0.5) is 5.69 Å². The fraction of sp³-hybridized carbons (Fsp3) is 0.548. The van der Waals surface area contributed by atoms with Crippen LogP contribution in [0.25, 0.3) is 0 Å². The largest absolute Gasteiger partial charge is 0.481 e. The molecule has 3 fully saturated rings. The second-order valence-corrected chi connectivity index (χ2v) is 11.2. The molecule has 0 unspecified atom stereocenters. The van der Waals surface area contributed by atoms with Gasteiger partial charge < -0.3 is 39.4 Å². The van der Waals surface area contributed by atoms with Crippen LogP contribution in [0, 0.1) is 5.92 Å². The van der Waals surface area contributed by atoms with Gasteiger partial charge in [-0.1, -0.05) is 43.3 Å². The molecule has 1 spiro atoms. The van der Waals surface area contributed by atoms with Crippen LogP contribution >= 0.6 is 0 Å². The third-order valence-corrected chi connectivity index (χ3v) is 8.23. The topological polar surface area (TPSA) is 127 Å². The minimum absolute atomic E-state index is 0.0194. The number of aliphatic hydroxyl groups is 1. The number of anilines is 1. The molecule has 0 bridgehead atoms. The third-order valence-electron chi connectivity index (χ3n) is 8.23. The van der Waals surface area contributed by atoms with Crippen molar-refractivity contribution in [2.75, 3.05) is 38.2 Å². The Bertz CT molecular complexity index is 1170. The lowest BCUT2D eigenvalue weighted by Gasteiger charge is -2.44. The molecule has 0 aliphatic carbocycles. The van der Waals surface area contributed by atoms with Crippen LogP contribution in [0.15, 0.2) is 48.5 Å². The molecule has 0 saturated carbocycles. The highest BCUT2D eigenvalue weighted by Gasteiger charge is 2.43.